The molecule has 0 saturated carbocycles. The molecular formula is C40H24ClNO2. The van der Waals surface area contributed by atoms with Crippen molar-refractivity contribution < 1.29 is 8.83 Å². The van der Waals surface area contributed by atoms with Crippen LogP contribution in [0.1, 0.15) is 0 Å². The fraction of sp³-hybridized carbons (Fsp3) is 0. The number of hydrogen-bond donors (Lipinski definition) is 0. The second kappa shape index (κ2) is 9.77. The second-order valence-electron chi connectivity index (χ2n) is 11.1. The molecule has 0 aliphatic rings. The van der Waals surface area contributed by atoms with Gasteiger partial charge >= 0.3 is 0 Å². The molecule has 0 aliphatic carbocycles. The molecule has 0 spiro atoms. The van der Waals surface area contributed by atoms with Crippen LogP contribution >= 0.6 is 11.6 Å². The molecule has 0 amide bonds. The van der Waals surface area contributed by atoms with Gasteiger partial charge in [0.25, 0.3) is 0 Å². The molecule has 4 heteroatoms. The largest absolute Gasteiger partial charge is 0.456 e. The molecule has 208 valence electrons. The second-order valence-corrected chi connectivity index (χ2v) is 11.5. The zero-order valence-electron chi connectivity index (χ0n) is 23.5. The maximum absolute atomic E-state index is 6.59. The number of hydrogen-bond acceptors (Lipinski definition) is 3. The minimum atomic E-state index is 0.647. The molecule has 3 nitrogen and oxygen atoms in total. The van der Waals surface area contributed by atoms with E-state index in [4.69, 9.17) is 20.4 Å². The Hall–Kier alpha value is -5.51. The van der Waals surface area contributed by atoms with E-state index in [1.54, 1.807) is 0 Å². The standard InChI is InChI=1S/C40H24ClNO2/c41-26-17-19-34-36-23-29(22-35(40(36)44-38(34)21-26)31-15-8-10-25-9-4-5-13-30(25)31)42(27-11-2-1-3-12-27)28-18-20-33-32-14-6-7-16-37(32)43-39(33)24-28/h1-24H. The van der Waals surface area contributed by atoms with E-state index in [1.807, 2.05) is 42.5 Å². The SMILES string of the molecule is Clc1ccc2c(c1)oc1c(-c3cccc4ccccc34)cc(N(c3ccccc3)c3ccc4c(c3)oc3ccccc34)cc12. The van der Waals surface area contributed by atoms with Gasteiger partial charge in [-0.15, -0.1) is 0 Å². The Labute approximate surface area is 258 Å². The fourth-order valence-corrected chi connectivity index (χ4v) is 6.67. The zero-order chi connectivity index (χ0) is 29.2. The van der Waals surface area contributed by atoms with Crippen LogP contribution in [-0.2, 0) is 0 Å². The lowest BCUT2D eigenvalue weighted by atomic mass is 9.95. The van der Waals surface area contributed by atoms with E-state index in [-0.39, 0.29) is 0 Å². The Bertz CT molecular complexity index is 2520. The summed E-state index contributed by atoms with van der Waals surface area (Å²) in [6.07, 6.45) is 0. The molecular weight excluding hydrogens is 562 g/mol. The Kier molecular flexibility index (Phi) is 5.56. The normalized spacial score (nSPS) is 11.8. The summed E-state index contributed by atoms with van der Waals surface area (Å²) in [5, 5.41) is 7.26. The van der Waals surface area contributed by atoms with Crippen molar-refractivity contribution in [2.75, 3.05) is 4.90 Å². The van der Waals surface area contributed by atoms with Crippen LogP contribution in [0.5, 0.6) is 0 Å². The van der Waals surface area contributed by atoms with E-state index in [0.29, 0.717) is 5.02 Å². The maximum atomic E-state index is 6.59. The molecule has 0 bridgehead atoms. The molecule has 0 radical (unpaired) electrons. The molecule has 2 aromatic heterocycles. The molecule has 0 unspecified atom stereocenters. The predicted octanol–water partition coefficient (Wildman–Crippen LogP) is 12.4. The van der Waals surface area contributed by atoms with E-state index in [1.165, 1.54) is 10.8 Å². The van der Waals surface area contributed by atoms with Gasteiger partial charge in [0.1, 0.15) is 22.3 Å². The molecule has 0 atom stereocenters. The summed E-state index contributed by atoms with van der Waals surface area (Å²) >= 11 is 6.42. The lowest BCUT2D eigenvalue weighted by Gasteiger charge is -2.26. The molecule has 9 aromatic rings. The molecule has 0 saturated heterocycles. The van der Waals surface area contributed by atoms with Gasteiger partial charge in [0, 0.05) is 61.3 Å². The van der Waals surface area contributed by atoms with Crippen LogP contribution in [0, 0.1) is 0 Å². The monoisotopic (exact) mass is 585 g/mol. The van der Waals surface area contributed by atoms with Crippen molar-refractivity contribution in [3.8, 4) is 11.1 Å². The van der Waals surface area contributed by atoms with Crippen LogP contribution in [0.2, 0.25) is 5.02 Å². The third kappa shape index (κ3) is 3.90. The van der Waals surface area contributed by atoms with Crippen molar-refractivity contribution in [2.24, 2.45) is 0 Å². The van der Waals surface area contributed by atoms with Crippen molar-refractivity contribution in [3.63, 3.8) is 0 Å². The number of fused-ring (bicyclic) bond motifs is 7. The van der Waals surface area contributed by atoms with Crippen LogP contribution in [0.15, 0.2) is 154 Å². The fourth-order valence-electron chi connectivity index (χ4n) is 6.50. The van der Waals surface area contributed by atoms with E-state index in [0.717, 1.165) is 72.1 Å². The minimum Gasteiger partial charge on any atom is -0.456 e. The van der Waals surface area contributed by atoms with Crippen LogP contribution in [0.4, 0.5) is 17.1 Å². The highest BCUT2D eigenvalue weighted by molar-refractivity contribution is 6.31. The highest BCUT2D eigenvalue weighted by Gasteiger charge is 2.21. The molecule has 7 aromatic carbocycles. The van der Waals surface area contributed by atoms with Gasteiger partial charge in [0.2, 0.25) is 0 Å². The van der Waals surface area contributed by atoms with Crippen molar-refractivity contribution >= 4 is 83.3 Å². The smallest absolute Gasteiger partial charge is 0.143 e. The van der Waals surface area contributed by atoms with Crippen molar-refractivity contribution in [3.05, 3.63) is 151 Å². The average Bonchev–Trinajstić information content (AvgIpc) is 3.62. The summed E-state index contributed by atoms with van der Waals surface area (Å²) in [4.78, 5) is 2.29. The van der Waals surface area contributed by atoms with Crippen LogP contribution < -0.4 is 4.90 Å². The number of benzene rings is 7. The number of halogens is 1. The lowest BCUT2D eigenvalue weighted by Crippen LogP contribution is -2.10. The first-order valence-corrected chi connectivity index (χ1v) is 15.0. The Morgan fingerprint density at radius 1 is 0.409 bits per heavy atom. The first kappa shape index (κ1) is 25.0. The number of furan rings is 2. The van der Waals surface area contributed by atoms with Crippen LogP contribution in [0.3, 0.4) is 0 Å². The summed E-state index contributed by atoms with van der Waals surface area (Å²) in [7, 11) is 0. The third-order valence-corrected chi connectivity index (χ3v) is 8.73. The van der Waals surface area contributed by atoms with Gasteiger partial charge < -0.3 is 13.7 Å². The predicted molar refractivity (Wildman–Crippen MR) is 184 cm³/mol. The highest BCUT2D eigenvalue weighted by Crippen LogP contribution is 2.45. The van der Waals surface area contributed by atoms with Crippen molar-refractivity contribution in [2.45, 2.75) is 0 Å². The molecule has 2 heterocycles. The van der Waals surface area contributed by atoms with E-state index < -0.39 is 0 Å². The Balaban J connectivity index is 1.36. The first-order valence-electron chi connectivity index (χ1n) is 14.6. The van der Waals surface area contributed by atoms with Gasteiger partial charge in [-0.3, -0.25) is 0 Å². The van der Waals surface area contributed by atoms with Crippen molar-refractivity contribution in [1.29, 1.82) is 0 Å². The molecule has 0 aliphatic heterocycles. The van der Waals surface area contributed by atoms with E-state index >= 15 is 0 Å². The summed E-state index contributed by atoms with van der Waals surface area (Å²) in [6, 6.07) is 50.4. The van der Waals surface area contributed by atoms with Gasteiger partial charge in [-0.05, 0) is 70.9 Å². The number of para-hydroxylation sites is 2. The Morgan fingerprint density at radius 3 is 2.02 bits per heavy atom. The summed E-state index contributed by atoms with van der Waals surface area (Å²) in [6.45, 7) is 0. The minimum absolute atomic E-state index is 0.647. The van der Waals surface area contributed by atoms with Gasteiger partial charge in [0.15, 0.2) is 0 Å². The van der Waals surface area contributed by atoms with Crippen LogP contribution in [0.25, 0.3) is 65.8 Å². The summed E-state index contributed by atoms with van der Waals surface area (Å²) in [5.74, 6) is 0. The highest BCUT2D eigenvalue weighted by atomic mass is 35.5. The lowest BCUT2D eigenvalue weighted by molar-refractivity contribution is 0.668. The number of anilines is 3. The summed E-state index contributed by atoms with van der Waals surface area (Å²) < 4.78 is 12.9. The van der Waals surface area contributed by atoms with Gasteiger partial charge in [-0.25, -0.2) is 0 Å². The molecule has 44 heavy (non-hydrogen) atoms. The van der Waals surface area contributed by atoms with E-state index in [2.05, 4.69) is 108 Å². The zero-order valence-corrected chi connectivity index (χ0v) is 24.3. The molecule has 0 N–H and O–H groups in total. The first-order chi connectivity index (χ1) is 21.7. The average molecular weight is 586 g/mol. The van der Waals surface area contributed by atoms with Gasteiger partial charge in [-0.1, -0.05) is 90.5 Å². The number of rotatable bonds is 4. The number of nitrogens with zero attached hydrogens (tertiary/aromatic N) is 1. The third-order valence-electron chi connectivity index (χ3n) is 8.49. The molecule has 0 fully saturated rings. The molecule has 9 rings (SSSR count). The van der Waals surface area contributed by atoms with E-state index in [9.17, 15) is 0 Å². The maximum Gasteiger partial charge on any atom is 0.143 e. The quantitative estimate of drug-likeness (QED) is 0.206. The topological polar surface area (TPSA) is 29.5 Å². The van der Waals surface area contributed by atoms with Crippen LogP contribution in [-0.4, -0.2) is 0 Å². The van der Waals surface area contributed by atoms with Crippen molar-refractivity contribution in [1.82, 2.24) is 0 Å². The van der Waals surface area contributed by atoms with Gasteiger partial charge in [0.05, 0.1) is 0 Å². The summed E-state index contributed by atoms with van der Waals surface area (Å²) in [5.41, 5.74) is 8.53. The van der Waals surface area contributed by atoms with Gasteiger partial charge in [-0.2, -0.15) is 0 Å². The Morgan fingerprint density at radius 2 is 1.11 bits per heavy atom.